The second-order valence-electron chi connectivity index (χ2n) is 7.92. The van der Waals surface area contributed by atoms with Crippen molar-refractivity contribution in [1.29, 1.82) is 0 Å². The third-order valence-electron chi connectivity index (χ3n) is 5.86. The summed E-state index contributed by atoms with van der Waals surface area (Å²) in [6.45, 7) is 4.54. The van der Waals surface area contributed by atoms with Crippen molar-refractivity contribution in [2.75, 3.05) is 18.0 Å². The lowest BCUT2D eigenvalue weighted by atomic mass is 10.1. The van der Waals surface area contributed by atoms with Gasteiger partial charge in [0.2, 0.25) is 0 Å². The van der Waals surface area contributed by atoms with Gasteiger partial charge in [-0.05, 0) is 67.4 Å². The Morgan fingerprint density at radius 2 is 1.88 bits per heavy atom. The summed E-state index contributed by atoms with van der Waals surface area (Å²) in [5.74, 6) is 1.24. The molecule has 6 heteroatoms. The molecule has 0 atom stereocenters. The minimum absolute atomic E-state index is 0.136. The fourth-order valence-corrected chi connectivity index (χ4v) is 3.84. The number of hydrogen-bond acceptors (Lipinski definition) is 5. The summed E-state index contributed by atoms with van der Waals surface area (Å²) in [5, 5.41) is 3.92. The number of hydrogen-bond donors (Lipinski definition) is 1. The van der Waals surface area contributed by atoms with Crippen LogP contribution in [0, 0.1) is 6.92 Å². The van der Waals surface area contributed by atoms with Gasteiger partial charge in [-0.2, -0.15) is 0 Å². The fourth-order valence-electron chi connectivity index (χ4n) is 3.84. The summed E-state index contributed by atoms with van der Waals surface area (Å²) in [5.41, 5.74) is 4.48. The molecule has 6 nitrogen and oxygen atoms in total. The van der Waals surface area contributed by atoms with Crippen LogP contribution in [-0.4, -0.2) is 29.0 Å². The van der Waals surface area contributed by atoms with Gasteiger partial charge >= 0.3 is 0 Å². The van der Waals surface area contributed by atoms with Gasteiger partial charge in [0.15, 0.2) is 0 Å². The van der Waals surface area contributed by atoms with E-state index in [0.29, 0.717) is 17.9 Å². The zero-order chi connectivity index (χ0) is 21.9. The van der Waals surface area contributed by atoms with Crippen LogP contribution in [-0.2, 0) is 6.54 Å². The van der Waals surface area contributed by atoms with E-state index in [9.17, 15) is 4.79 Å². The number of rotatable bonds is 6. The molecule has 160 valence electrons. The van der Waals surface area contributed by atoms with Crippen LogP contribution in [0.3, 0.4) is 0 Å². The zero-order valence-electron chi connectivity index (χ0n) is 17.9. The third-order valence-corrected chi connectivity index (χ3v) is 5.86. The van der Waals surface area contributed by atoms with Gasteiger partial charge in [0.25, 0.3) is 5.91 Å². The van der Waals surface area contributed by atoms with E-state index < -0.39 is 0 Å². The predicted octanol–water partition coefficient (Wildman–Crippen LogP) is 4.87. The summed E-state index contributed by atoms with van der Waals surface area (Å²) >= 11 is 0. The van der Waals surface area contributed by atoms with Gasteiger partial charge in [-0.1, -0.05) is 6.07 Å². The minimum atomic E-state index is -0.136. The number of benzene rings is 2. The number of anilines is 1. The van der Waals surface area contributed by atoms with Gasteiger partial charge < -0.3 is 15.0 Å². The third kappa shape index (κ3) is 3.99. The molecule has 0 spiro atoms. The first-order chi connectivity index (χ1) is 15.7. The van der Waals surface area contributed by atoms with Crippen LogP contribution in [0.5, 0.6) is 11.5 Å². The van der Waals surface area contributed by atoms with Crippen molar-refractivity contribution in [2.24, 2.45) is 0 Å². The first-order valence-corrected chi connectivity index (χ1v) is 10.8. The number of aromatic nitrogens is 2. The van der Waals surface area contributed by atoms with Crippen LogP contribution in [0.4, 0.5) is 5.69 Å². The van der Waals surface area contributed by atoms with E-state index in [-0.39, 0.29) is 5.91 Å². The van der Waals surface area contributed by atoms with Gasteiger partial charge in [-0.3, -0.25) is 14.8 Å². The van der Waals surface area contributed by atoms with E-state index in [2.05, 4.69) is 38.4 Å². The molecule has 1 amide bonds. The van der Waals surface area contributed by atoms with Gasteiger partial charge in [0.1, 0.15) is 11.5 Å². The van der Waals surface area contributed by atoms with Gasteiger partial charge in [-0.25, -0.2) is 0 Å². The lowest BCUT2D eigenvalue weighted by Crippen LogP contribution is -2.36. The van der Waals surface area contributed by atoms with Crippen molar-refractivity contribution in [1.82, 2.24) is 15.3 Å². The normalized spacial score (nSPS) is 13.0. The summed E-state index contributed by atoms with van der Waals surface area (Å²) in [4.78, 5) is 23.7. The van der Waals surface area contributed by atoms with E-state index in [1.807, 2.05) is 43.3 Å². The lowest BCUT2D eigenvalue weighted by molar-refractivity contribution is 0.0950. The van der Waals surface area contributed by atoms with E-state index >= 15 is 0 Å². The van der Waals surface area contributed by atoms with Crippen molar-refractivity contribution in [2.45, 2.75) is 19.9 Å². The maximum atomic E-state index is 12.8. The molecule has 1 aliphatic heterocycles. The first-order valence-electron chi connectivity index (χ1n) is 10.8. The molecule has 3 heterocycles. The van der Waals surface area contributed by atoms with Crippen molar-refractivity contribution < 1.29 is 9.53 Å². The summed E-state index contributed by atoms with van der Waals surface area (Å²) < 4.78 is 6.27. The van der Waals surface area contributed by atoms with Crippen LogP contribution in [0.25, 0.3) is 10.9 Å². The van der Waals surface area contributed by atoms with Gasteiger partial charge in [0, 0.05) is 60.4 Å². The average Bonchev–Trinajstić information content (AvgIpc) is 2.78. The Morgan fingerprint density at radius 1 is 1.03 bits per heavy atom. The number of nitrogens with zero attached hydrogens (tertiary/aromatic N) is 3. The SMILES string of the molecule is Cc1c(Oc2ccnc3cc(N4CCC4)ccc23)cccc1C(=O)NCc1ccncc1. The molecule has 1 saturated heterocycles. The highest BCUT2D eigenvalue weighted by atomic mass is 16.5. The topological polar surface area (TPSA) is 67.3 Å². The van der Waals surface area contributed by atoms with Crippen LogP contribution >= 0.6 is 0 Å². The lowest BCUT2D eigenvalue weighted by Gasteiger charge is -2.33. The van der Waals surface area contributed by atoms with Crippen molar-refractivity contribution >= 4 is 22.5 Å². The second kappa shape index (κ2) is 8.67. The molecule has 1 aliphatic rings. The molecular formula is C26H24N4O2. The number of fused-ring (bicyclic) bond motifs is 1. The monoisotopic (exact) mass is 424 g/mol. The average molecular weight is 425 g/mol. The summed E-state index contributed by atoms with van der Waals surface area (Å²) in [7, 11) is 0. The molecule has 0 bridgehead atoms. The molecule has 32 heavy (non-hydrogen) atoms. The highest BCUT2D eigenvalue weighted by Gasteiger charge is 2.17. The Bertz CT molecular complexity index is 1270. The van der Waals surface area contributed by atoms with E-state index in [1.165, 1.54) is 12.1 Å². The highest BCUT2D eigenvalue weighted by molar-refractivity contribution is 5.96. The van der Waals surface area contributed by atoms with Crippen molar-refractivity contribution in [3.8, 4) is 11.5 Å². The molecule has 0 unspecified atom stereocenters. The largest absolute Gasteiger partial charge is 0.456 e. The Kier molecular flexibility index (Phi) is 5.42. The summed E-state index contributed by atoms with van der Waals surface area (Å²) in [6, 6.07) is 17.5. The smallest absolute Gasteiger partial charge is 0.251 e. The Hall–Kier alpha value is -3.93. The molecule has 0 saturated carbocycles. The van der Waals surface area contributed by atoms with Gasteiger partial charge in [0.05, 0.1) is 5.52 Å². The highest BCUT2D eigenvalue weighted by Crippen LogP contribution is 2.34. The number of nitrogens with one attached hydrogen (secondary N) is 1. The zero-order valence-corrected chi connectivity index (χ0v) is 17.9. The number of pyridine rings is 2. The first kappa shape index (κ1) is 20.0. The molecule has 0 aliphatic carbocycles. The van der Waals surface area contributed by atoms with Crippen LogP contribution in [0.2, 0.25) is 0 Å². The minimum Gasteiger partial charge on any atom is -0.456 e. The molecule has 2 aromatic heterocycles. The second-order valence-corrected chi connectivity index (χ2v) is 7.92. The van der Waals surface area contributed by atoms with E-state index in [0.717, 1.165) is 40.9 Å². The van der Waals surface area contributed by atoms with Crippen molar-refractivity contribution in [3.05, 3.63) is 89.9 Å². The number of amides is 1. The Balaban J connectivity index is 1.37. The van der Waals surface area contributed by atoms with Gasteiger partial charge in [-0.15, -0.1) is 0 Å². The maximum Gasteiger partial charge on any atom is 0.251 e. The maximum absolute atomic E-state index is 12.8. The standard InChI is InChI=1S/C26H24N4O2/c1-18-21(26(31)29-17-19-8-11-27-12-9-19)4-2-5-24(18)32-25-10-13-28-23-16-20(6-7-22(23)25)30-14-3-15-30/h2,4-13,16H,3,14-15,17H2,1H3,(H,29,31). The molecular weight excluding hydrogens is 400 g/mol. The van der Waals surface area contributed by atoms with E-state index in [1.54, 1.807) is 18.6 Å². The quantitative estimate of drug-likeness (QED) is 0.478. The Morgan fingerprint density at radius 3 is 2.66 bits per heavy atom. The number of carbonyl (C=O) groups is 1. The molecule has 4 aromatic rings. The van der Waals surface area contributed by atoms with E-state index in [4.69, 9.17) is 4.74 Å². The van der Waals surface area contributed by atoms with Crippen LogP contribution < -0.4 is 15.0 Å². The molecule has 5 rings (SSSR count). The molecule has 2 aromatic carbocycles. The summed E-state index contributed by atoms with van der Waals surface area (Å²) in [6.07, 6.45) is 6.43. The van der Waals surface area contributed by atoms with Crippen molar-refractivity contribution in [3.63, 3.8) is 0 Å². The number of carbonyl (C=O) groups excluding carboxylic acids is 1. The molecule has 1 fully saturated rings. The number of ether oxygens (including phenoxy) is 1. The molecule has 1 N–H and O–H groups in total. The predicted molar refractivity (Wildman–Crippen MR) is 125 cm³/mol. The van der Waals surface area contributed by atoms with Crippen LogP contribution in [0.15, 0.2) is 73.2 Å². The van der Waals surface area contributed by atoms with Crippen LogP contribution in [0.1, 0.15) is 27.9 Å². The molecule has 0 radical (unpaired) electrons. The Labute approximate surface area is 186 Å². The fraction of sp³-hybridized carbons (Fsp3) is 0.192.